The molecule has 0 saturated carbocycles. The molecular formula is C12H15N5OS. The van der Waals surface area contributed by atoms with Crippen molar-refractivity contribution in [1.29, 1.82) is 0 Å². The molecule has 0 aromatic carbocycles. The number of nitrogens with zero attached hydrogens (tertiary/aromatic N) is 4. The van der Waals surface area contributed by atoms with Crippen LogP contribution in [0.4, 0.5) is 5.13 Å². The van der Waals surface area contributed by atoms with Gasteiger partial charge in [-0.1, -0.05) is 11.3 Å². The zero-order valence-electron chi connectivity index (χ0n) is 10.7. The largest absolute Gasteiger partial charge is 0.376 e. The van der Waals surface area contributed by atoms with Gasteiger partial charge in [-0.2, -0.15) is 0 Å². The second-order valence-electron chi connectivity index (χ2n) is 4.47. The van der Waals surface area contributed by atoms with Gasteiger partial charge in [0, 0.05) is 19.3 Å². The van der Waals surface area contributed by atoms with Gasteiger partial charge >= 0.3 is 0 Å². The lowest BCUT2D eigenvalue weighted by molar-refractivity contribution is 0.120. The number of aryl methyl sites for hydroxylation is 1. The Morgan fingerprint density at radius 2 is 2.32 bits per heavy atom. The summed E-state index contributed by atoms with van der Waals surface area (Å²) < 4.78 is 5.55. The molecular weight excluding hydrogens is 262 g/mol. The van der Waals surface area contributed by atoms with Crippen LogP contribution in [0.5, 0.6) is 0 Å². The molecule has 2 aromatic heterocycles. The molecule has 0 radical (unpaired) electrons. The van der Waals surface area contributed by atoms with Crippen molar-refractivity contribution in [1.82, 2.24) is 20.2 Å². The normalized spacial score (nSPS) is 18.7. The molecule has 1 fully saturated rings. The summed E-state index contributed by atoms with van der Waals surface area (Å²) in [6.07, 6.45) is 6.01. The van der Waals surface area contributed by atoms with Crippen LogP contribution in [-0.2, 0) is 4.74 Å². The van der Waals surface area contributed by atoms with Crippen LogP contribution in [-0.4, -0.2) is 39.4 Å². The third-order valence-electron chi connectivity index (χ3n) is 2.93. The first kappa shape index (κ1) is 12.4. The van der Waals surface area contributed by atoms with Gasteiger partial charge in [0.15, 0.2) is 5.01 Å². The van der Waals surface area contributed by atoms with Crippen LogP contribution in [0, 0.1) is 6.92 Å². The molecule has 3 heterocycles. The van der Waals surface area contributed by atoms with E-state index in [9.17, 15) is 0 Å². The maximum Gasteiger partial charge on any atom is 0.206 e. The summed E-state index contributed by atoms with van der Waals surface area (Å²) in [6, 6.07) is 0. The van der Waals surface area contributed by atoms with Crippen molar-refractivity contribution in [3.05, 3.63) is 18.1 Å². The number of nitrogens with one attached hydrogen (secondary N) is 1. The summed E-state index contributed by atoms with van der Waals surface area (Å²) in [5, 5.41) is 13.1. The molecule has 1 atom stereocenters. The van der Waals surface area contributed by atoms with E-state index in [1.54, 1.807) is 12.4 Å². The maximum absolute atomic E-state index is 5.55. The molecule has 2 aromatic rings. The van der Waals surface area contributed by atoms with Gasteiger partial charge in [0.2, 0.25) is 5.13 Å². The second-order valence-corrected chi connectivity index (χ2v) is 5.45. The fourth-order valence-corrected chi connectivity index (χ4v) is 2.62. The topological polar surface area (TPSA) is 72.8 Å². The van der Waals surface area contributed by atoms with E-state index in [1.165, 1.54) is 11.3 Å². The zero-order chi connectivity index (χ0) is 13.1. The molecule has 7 heteroatoms. The van der Waals surface area contributed by atoms with E-state index in [0.29, 0.717) is 6.10 Å². The first-order valence-electron chi connectivity index (χ1n) is 6.29. The SMILES string of the molecule is Cc1cnc(-c2nnc(NC[C@H]3CCCO3)s2)cn1. The first-order chi connectivity index (χ1) is 9.31. The van der Waals surface area contributed by atoms with Crippen molar-refractivity contribution >= 4 is 16.5 Å². The lowest BCUT2D eigenvalue weighted by atomic mass is 10.2. The minimum atomic E-state index is 0.298. The van der Waals surface area contributed by atoms with Crippen molar-refractivity contribution < 1.29 is 4.74 Å². The van der Waals surface area contributed by atoms with Gasteiger partial charge in [0.05, 0.1) is 18.0 Å². The standard InChI is InChI=1S/C12H15N5OS/c1-8-5-14-10(7-13-8)11-16-17-12(19-11)15-6-9-3-2-4-18-9/h5,7,9H,2-4,6H2,1H3,(H,15,17)/t9-/m1/s1. The molecule has 0 unspecified atom stereocenters. The highest BCUT2D eigenvalue weighted by Crippen LogP contribution is 2.24. The Morgan fingerprint density at radius 3 is 3.05 bits per heavy atom. The van der Waals surface area contributed by atoms with Gasteiger partial charge in [-0.25, -0.2) is 0 Å². The summed E-state index contributed by atoms with van der Waals surface area (Å²) in [5.74, 6) is 0. The van der Waals surface area contributed by atoms with Gasteiger partial charge in [-0.3, -0.25) is 9.97 Å². The summed E-state index contributed by atoms with van der Waals surface area (Å²) in [7, 11) is 0. The number of anilines is 1. The predicted octanol–water partition coefficient (Wildman–Crippen LogP) is 1.89. The molecule has 0 spiro atoms. The molecule has 0 amide bonds. The highest BCUT2D eigenvalue weighted by Gasteiger charge is 2.16. The number of hydrogen-bond acceptors (Lipinski definition) is 7. The molecule has 1 N–H and O–H groups in total. The van der Waals surface area contributed by atoms with Crippen LogP contribution >= 0.6 is 11.3 Å². The van der Waals surface area contributed by atoms with Crippen LogP contribution in [0.1, 0.15) is 18.5 Å². The number of aromatic nitrogens is 4. The molecule has 0 aliphatic carbocycles. The highest BCUT2D eigenvalue weighted by molar-refractivity contribution is 7.18. The summed E-state index contributed by atoms with van der Waals surface area (Å²) >= 11 is 1.48. The van der Waals surface area contributed by atoms with Crippen LogP contribution in [0.2, 0.25) is 0 Å². The van der Waals surface area contributed by atoms with Crippen molar-refractivity contribution in [3.63, 3.8) is 0 Å². The summed E-state index contributed by atoms with van der Waals surface area (Å²) in [6.45, 7) is 3.56. The first-order valence-corrected chi connectivity index (χ1v) is 7.11. The molecule has 6 nitrogen and oxygen atoms in total. The van der Waals surface area contributed by atoms with E-state index < -0.39 is 0 Å². The summed E-state index contributed by atoms with van der Waals surface area (Å²) in [4.78, 5) is 8.50. The Labute approximate surface area is 115 Å². The lowest BCUT2D eigenvalue weighted by Gasteiger charge is -2.08. The Kier molecular flexibility index (Phi) is 3.65. The van der Waals surface area contributed by atoms with Crippen LogP contribution in [0.3, 0.4) is 0 Å². The molecule has 19 heavy (non-hydrogen) atoms. The van der Waals surface area contributed by atoms with E-state index in [4.69, 9.17) is 4.74 Å². The Bertz CT molecular complexity index is 535. The summed E-state index contributed by atoms with van der Waals surface area (Å²) in [5.41, 5.74) is 1.65. The lowest BCUT2D eigenvalue weighted by Crippen LogP contribution is -2.18. The average molecular weight is 277 g/mol. The van der Waals surface area contributed by atoms with Crippen molar-refractivity contribution in [2.75, 3.05) is 18.5 Å². The van der Waals surface area contributed by atoms with Crippen molar-refractivity contribution in [2.45, 2.75) is 25.9 Å². The zero-order valence-corrected chi connectivity index (χ0v) is 11.5. The minimum absolute atomic E-state index is 0.298. The van der Waals surface area contributed by atoms with E-state index >= 15 is 0 Å². The van der Waals surface area contributed by atoms with E-state index in [-0.39, 0.29) is 0 Å². The van der Waals surface area contributed by atoms with E-state index in [0.717, 1.165) is 47.5 Å². The molecule has 1 saturated heterocycles. The van der Waals surface area contributed by atoms with Gasteiger partial charge in [-0.05, 0) is 19.8 Å². The Balaban J connectivity index is 1.63. The molecule has 0 bridgehead atoms. The monoisotopic (exact) mass is 277 g/mol. The van der Waals surface area contributed by atoms with E-state index in [2.05, 4.69) is 25.5 Å². The van der Waals surface area contributed by atoms with Crippen LogP contribution in [0.15, 0.2) is 12.4 Å². The third kappa shape index (κ3) is 3.05. The van der Waals surface area contributed by atoms with Gasteiger partial charge in [0.1, 0.15) is 5.69 Å². The van der Waals surface area contributed by atoms with Crippen molar-refractivity contribution in [3.8, 4) is 10.7 Å². The number of hydrogen-bond donors (Lipinski definition) is 1. The van der Waals surface area contributed by atoms with Crippen molar-refractivity contribution in [2.24, 2.45) is 0 Å². The van der Waals surface area contributed by atoms with Crippen LogP contribution in [0.25, 0.3) is 10.7 Å². The minimum Gasteiger partial charge on any atom is -0.376 e. The highest BCUT2D eigenvalue weighted by atomic mass is 32.1. The molecule has 3 rings (SSSR count). The van der Waals surface area contributed by atoms with E-state index in [1.807, 2.05) is 6.92 Å². The number of ether oxygens (including phenoxy) is 1. The molecule has 100 valence electrons. The van der Waals surface area contributed by atoms with Gasteiger partial charge in [0.25, 0.3) is 0 Å². The number of rotatable bonds is 4. The van der Waals surface area contributed by atoms with Gasteiger partial charge in [-0.15, -0.1) is 10.2 Å². The fraction of sp³-hybridized carbons (Fsp3) is 0.500. The molecule has 1 aliphatic rings. The third-order valence-corrected chi connectivity index (χ3v) is 3.83. The average Bonchev–Trinajstić information content (AvgIpc) is 3.09. The molecule has 1 aliphatic heterocycles. The fourth-order valence-electron chi connectivity index (χ4n) is 1.91. The Hall–Kier alpha value is -1.60. The maximum atomic E-state index is 5.55. The van der Waals surface area contributed by atoms with Crippen LogP contribution < -0.4 is 5.32 Å². The Morgan fingerprint density at radius 1 is 1.37 bits per heavy atom. The quantitative estimate of drug-likeness (QED) is 0.920. The predicted molar refractivity (Wildman–Crippen MR) is 73.1 cm³/mol. The smallest absolute Gasteiger partial charge is 0.206 e. The second kappa shape index (κ2) is 5.58. The van der Waals surface area contributed by atoms with Gasteiger partial charge < -0.3 is 10.1 Å².